The molecule has 1 N–H and O–H groups in total. The third-order valence-electron chi connectivity index (χ3n) is 1.45. The molecule has 0 aromatic carbocycles. The summed E-state index contributed by atoms with van der Waals surface area (Å²) in [5.41, 5.74) is 0.625. The maximum atomic E-state index is 10.4. The molecule has 1 atom stereocenters. The van der Waals surface area contributed by atoms with Crippen LogP contribution >= 0.6 is 0 Å². The molecule has 0 saturated heterocycles. The van der Waals surface area contributed by atoms with Gasteiger partial charge in [-0.2, -0.15) is 0 Å². The molecule has 1 aromatic heterocycles. The van der Waals surface area contributed by atoms with Crippen LogP contribution in [-0.4, -0.2) is 21.0 Å². The Labute approximate surface area is 63.9 Å². The summed E-state index contributed by atoms with van der Waals surface area (Å²) in [4.78, 5) is 17.9. The average molecular weight is 152 g/mol. The number of hydrogen-bond acceptors (Lipinski definition) is 3. The first kappa shape index (κ1) is 7.65. The number of rotatable bonds is 2. The molecule has 11 heavy (non-hydrogen) atoms. The van der Waals surface area contributed by atoms with Gasteiger partial charge in [-0.05, 0) is 6.92 Å². The van der Waals surface area contributed by atoms with Crippen LogP contribution in [0.4, 0.5) is 0 Å². The third kappa shape index (κ3) is 1.73. The van der Waals surface area contributed by atoms with Gasteiger partial charge in [-0.1, -0.05) is 0 Å². The van der Waals surface area contributed by atoms with E-state index in [9.17, 15) is 4.79 Å². The van der Waals surface area contributed by atoms with Crippen molar-refractivity contribution in [2.75, 3.05) is 0 Å². The number of hydrogen-bond donors (Lipinski definition) is 1. The normalized spacial score (nSPS) is 12.5. The number of carboxylic acid groups (broad SMARTS) is 1. The van der Waals surface area contributed by atoms with E-state index in [0.717, 1.165) is 0 Å². The van der Waals surface area contributed by atoms with Crippen LogP contribution in [0.15, 0.2) is 18.7 Å². The van der Waals surface area contributed by atoms with Crippen molar-refractivity contribution < 1.29 is 9.90 Å². The first-order valence-corrected chi connectivity index (χ1v) is 3.19. The van der Waals surface area contributed by atoms with Crippen molar-refractivity contribution in [1.82, 2.24) is 9.97 Å². The second kappa shape index (κ2) is 3.09. The molecular formula is C7H8N2O2. The maximum Gasteiger partial charge on any atom is 0.310 e. The largest absolute Gasteiger partial charge is 0.481 e. The van der Waals surface area contributed by atoms with Crippen molar-refractivity contribution >= 4 is 5.97 Å². The summed E-state index contributed by atoms with van der Waals surface area (Å²) in [7, 11) is 0. The molecule has 0 saturated carbocycles. The fraction of sp³-hybridized carbons (Fsp3) is 0.286. The lowest BCUT2D eigenvalue weighted by Gasteiger charge is -2.02. The van der Waals surface area contributed by atoms with Crippen LogP contribution in [0, 0.1) is 0 Å². The lowest BCUT2D eigenvalue weighted by atomic mass is 10.1. The molecule has 0 radical (unpaired) electrons. The summed E-state index contributed by atoms with van der Waals surface area (Å²) in [6.45, 7) is 1.60. The van der Waals surface area contributed by atoms with Gasteiger partial charge in [-0.15, -0.1) is 0 Å². The molecule has 58 valence electrons. The fourth-order valence-electron chi connectivity index (χ4n) is 0.677. The molecule has 1 aromatic rings. The van der Waals surface area contributed by atoms with E-state index in [1.165, 1.54) is 18.7 Å². The number of aromatic nitrogens is 2. The third-order valence-corrected chi connectivity index (χ3v) is 1.45. The van der Waals surface area contributed by atoms with Gasteiger partial charge in [0.25, 0.3) is 0 Å². The Morgan fingerprint density at radius 1 is 1.55 bits per heavy atom. The first-order chi connectivity index (χ1) is 5.22. The van der Waals surface area contributed by atoms with Gasteiger partial charge in [0.2, 0.25) is 0 Å². The smallest absolute Gasteiger partial charge is 0.310 e. The van der Waals surface area contributed by atoms with E-state index in [-0.39, 0.29) is 0 Å². The van der Waals surface area contributed by atoms with E-state index in [0.29, 0.717) is 5.56 Å². The zero-order valence-electron chi connectivity index (χ0n) is 6.06. The molecule has 0 aliphatic heterocycles. The van der Waals surface area contributed by atoms with Crippen LogP contribution in [0.2, 0.25) is 0 Å². The standard InChI is InChI=1S/C7H8N2O2/c1-5(7(10)11)6-2-8-4-9-3-6/h2-5H,1H3,(H,10,11)/t5-/m0/s1. The fourth-order valence-corrected chi connectivity index (χ4v) is 0.677. The number of aliphatic carboxylic acids is 1. The number of nitrogens with zero attached hydrogens (tertiary/aromatic N) is 2. The Kier molecular flexibility index (Phi) is 2.15. The zero-order chi connectivity index (χ0) is 8.27. The Hall–Kier alpha value is -1.45. The van der Waals surface area contributed by atoms with E-state index in [4.69, 9.17) is 5.11 Å². The Balaban J connectivity index is 2.85. The molecule has 4 nitrogen and oxygen atoms in total. The van der Waals surface area contributed by atoms with Crippen molar-refractivity contribution in [2.45, 2.75) is 12.8 Å². The molecule has 0 aliphatic carbocycles. The SMILES string of the molecule is C[C@H](C(=O)O)c1cncnc1. The number of carboxylic acids is 1. The summed E-state index contributed by atoms with van der Waals surface area (Å²) in [6.07, 6.45) is 4.38. The Morgan fingerprint density at radius 2 is 2.09 bits per heavy atom. The van der Waals surface area contributed by atoms with Crippen LogP contribution in [0.3, 0.4) is 0 Å². The van der Waals surface area contributed by atoms with Gasteiger partial charge in [-0.25, -0.2) is 9.97 Å². The van der Waals surface area contributed by atoms with Crippen molar-refractivity contribution in [3.63, 3.8) is 0 Å². The zero-order valence-corrected chi connectivity index (χ0v) is 6.06. The quantitative estimate of drug-likeness (QED) is 0.676. The van der Waals surface area contributed by atoms with Gasteiger partial charge in [0.1, 0.15) is 6.33 Å². The van der Waals surface area contributed by atoms with Crippen LogP contribution in [0.25, 0.3) is 0 Å². The average Bonchev–Trinajstić information content (AvgIpc) is 2.05. The molecule has 0 bridgehead atoms. The van der Waals surface area contributed by atoms with Crippen LogP contribution in [0.5, 0.6) is 0 Å². The highest BCUT2D eigenvalue weighted by Gasteiger charge is 2.12. The molecule has 0 aliphatic rings. The highest BCUT2D eigenvalue weighted by atomic mass is 16.4. The van der Waals surface area contributed by atoms with E-state index in [1.807, 2.05) is 0 Å². The molecule has 1 heterocycles. The number of carbonyl (C=O) groups is 1. The molecule has 1 rings (SSSR count). The van der Waals surface area contributed by atoms with Gasteiger partial charge < -0.3 is 5.11 Å². The molecule has 4 heteroatoms. The highest BCUT2D eigenvalue weighted by Crippen LogP contribution is 2.11. The minimum atomic E-state index is -0.861. The summed E-state index contributed by atoms with van der Waals surface area (Å²) in [6, 6.07) is 0. The minimum Gasteiger partial charge on any atom is -0.481 e. The summed E-state index contributed by atoms with van der Waals surface area (Å²) in [5, 5.41) is 8.58. The summed E-state index contributed by atoms with van der Waals surface area (Å²) < 4.78 is 0. The van der Waals surface area contributed by atoms with E-state index in [2.05, 4.69) is 9.97 Å². The van der Waals surface area contributed by atoms with Gasteiger partial charge in [0.05, 0.1) is 5.92 Å². The summed E-state index contributed by atoms with van der Waals surface area (Å²) in [5.74, 6) is -1.39. The Bertz CT molecular complexity index is 248. The first-order valence-electron chi connectivity index (χ1n) is 3.19. The van der Waals surface area contributed by atoms with E-state index < -0.39 is 11.9 Å². The van der Waals surface area contributed by atoms with E-state index >= 15 is 0 Å². The van der Waals surface area contributed by atoms with Crippen molar-refractivity contribution in [3.05, 3.63) is 24.3 Å². The predicted molar refractivity (Wildman–Crippen MR) is 38.1 cm³/mol. The second-order valence-corrected chi connectivity index (χ2v) is 2.23. The van der Waals surface area contributed by atoms with Gasteiger partial charge in [0, 0.05) is 18.0 Å². The summed E-state index contributed by atoms with van der Waals surface area (Å²) >= 11 is 0. The molecule has 0 spiro atoms. The van der Waals surface area contributed by atoms with Gasteiger partial charge in [0.15, 0.2) is 0 Å². The highest BCUT2D eigenvalue weighted by molar-refractivity contribution is 5.75. The van der Waals surface area contributed by atoms with Gasteiger partial charge in [-0.3, -0.25) is 4.79 Å². The molecular weight excluding hydrogens is 144 g/mol. The van der Waals surface area contributed by atoms with Crippen LogP contribution in [0.1, 0.15) is 18.4 Å². The van der Waals surface area contributed by atoms with Crippen molar-refractivity contribution in [2.24, 2.45) is 0 Å². The monoisotopic (exact) mass is 152 g/mol. The minimum absolute atomic E-state index is 0.531. The van der Waals surface area contributed by atoms with Crippen molar-refractivity contribution in [1.29, 1.82) is 0 Å². The topological polar surface area (TPSA) is 63.1 Å². The molecule has 0 unspecified atom stereocenters. The van der Waals surface area contributed by atoms with Gasteiger partial charge >= 0.3 is 5.97 Å². The predicted octanol–water partition coefficient (Wildman–Crippen LogP) is 0.665. The van der Waals surface area contributed by atoms with Crippen LogP contribution < -0.4 is 0 Å². The lowest BCUT2D eigenvalue weighted by molar-refractivity contribution is -0.138. The maximum absolute atomic E-state index is 10.4. The lowest BCUT2D eigenvalue weighted by Crippen LogP contribution is -2.07. The second-order valence-electron chi connectivity index (χ2n) is 2.23. The molecule has 0 amide bonds. The van der Waals surface area contributed by atoms with E-state index in [1.54, 1.807) is 6.92 Å². The Morgan fingerprint density at radius 3 is 2.55 bits per heavy atom. The van der Waals surface area contributed by atoms with Crippen LogP contribution in [-0.2, 0) is 4.79 Å². The molecule has 0 fully saturated rings. The van der Waals surface area contributed by atoms with Crippen molar-refractivity contribution in [3.8, 4) is 0 Å².